The van der Waals surface area contributed by atoms with Gasteiger partial charge in [0.1, 0.15) is 6.54 Å². The van der Waals surface area contributed by atoms with Gasteiger partial charge in [0.2, 0.25) is 21.8 Å². The van der Waals surface area contributed by atoms with E-state index < -0.39 is 10.0 Å². The molecular formula is C22H28N4O4S. The Morgan fingerprint density at radius 2 is 2.03 bits per heavy atom. The van der Waals surface area contributed by atoms with E-state index in [-0.39, 0.29) is 24.4 Å². The zero-order chi connectivity index (χ0) is 21.8. The fourth-order valence-electron chi connectivity index (χ4n) is 5.71. The highest BCUT2D eigenvalue weighted by Gasteiger charge is 2.44. The third-order valence-electron chi connectivity index (χ3n) is 6.95. The van der Waals surface area contributed by atoms with Gasteiger partial charge in [0.25, 0.3) is 0 Å². The van der Waals surface area contributed by atoms with Crippen molar-refractivity contribution < 1.29 is 18.0 Å². The van der Waals surface area contributed by atoms with E-state index in [1.165, 1.54) is 0 Å². The number of sulfonamides is 1. The summed E-state index contributed by atoms with van der Waals surface area (Å²) in [5.74, 6) is 1.08. The molecule has 2 aromatic rings. The second-order valence-electron chi connectivity index (χ2n) is 9.22. The van der Waals surface area contributed by atoms with Gasteiger partial charge < -0.3 is 14.4 Å². The average molecular weight is 445 g/mol. The number of amides is 2. The van der Waals surface area contributed by atoms with Crippen molar-refractivity contribution in [3.63, 3.8) is 0 Å². The molecule has 4 heterocycles. The highest BCUT2D eigenvalue weighted by Crippen LogP contribution is 2.38. The minimum absolute atomic E-state index is 0.0734. The molecule has 3 atom stereocenters. The van der Waals surface area contributed by atoms with E-state index in [0.717, 1.165) is 43.0 Å². The monoisotopic (exact) mass is 444 g/mol. The lowest BCUT2D eigenvalue weighted by Crippen LogP contribution is -2.61. The minimum atomic E-state index is -3.38. The van der Waals surface area contributed by atoms with Crippen LogP contribution in [0.2, 0.25) is 0 Å². The number of hydrogen-bond donors (Lipinski definition) is 1. The molecule has 0 spiro atoms. The number of hydrogen-bond acceptors (Lipinski definition) is 4. The zero-order valence-corrected chi connectivity index (χ0v) is 18.5. The molecule has 1 N–H and O–H groups in total. The summed E-state index contributed by atoms with van der Waals surface area (Å²) in [5.41, 5.74) is 1.34. The smallest absolute Gasteiger partial charge is 0.242 e. The van der Waals surface area contributed by atoms with Crippen LogP contribution in [0.1, 0.15) is 25.7 Å². The van der Waals surface area contributed by atoms with E-state index in [1.54, 1.807) is 12.1 Å². The van der Waals surface area contributed by atoms with Gasteiger partial charge in [-0.3, -0.25) is 14.3 Å². The Bertz CT molecular complexity index is 1140. The number of piperidine rings is 3. The summed E-state index contributed by atoms with van der Waals surface area (Å²) in [6, 6.07) is 7.53. The Balaban J connectivity index is 1.33. The lowest BCUT2D eigenvalue weighted by atomic mass is 9.76. The summed E-state index contributed by atoms with van der Waals surface area (Å²) >= 11 is 0. The number of nitrogens with zero attached hydrogens (tertiary/aromatic N) is 3. The summed E-state index contributed by atoms with van der Waals surface area (Å²) in [6.07, 6.45) is 6.72. The Morgan fingerprint density at radius 3 is 2.84 bits per heavy atom. The average Bonchev–Trinajstić information content (AvgIpc) is 3.11. The molecule has 0 saturated carbocycles. The van der Waals surface area contributed by atoms with E-state index in [0.29, 0.717) is 37.0 Å². The number of aromatic nitrogens is 1. The van der Waals surface area contributed by atoms with Gasteiger partial charge in [-0.25, -0.2) is 8.42 Å². The number of nitrogens with one attached hydrogen (secondary N) is 1. The van der Waals surface area contributed by atoms with Crippen LogP contribution in [0, 0.1) is 11.8 Å². The molecule has 3 fully saturated rings. The Labute approximate surface area is 182 Å². The van der Waals surface area contributed by atoms with Gasteiger partial charge in [0.15, 0.2) is 0 Å². The predicted octanol–water partition coefficient (Wildman–Crippen LogP) is 1.87. The molecule has 3 aliphatic heterocycles. The SMILES string of the molecule is CS(=O)(=O)Nc1cccc2c1ccn2CC(=O)N1C[C@H]2C[C@@H](C1)C1CCCC(=O)N1C2. The van der Waals surface area contributed by atoms with Crippen LogP contribution in [0.4, 0.5) is 5.69 Å². The maximum absolute atomic E-state index is 13.2. The van der Waals surface area contributed by atoms with Crippen molar-refractivity contribution in [3.05, 3.63) is 30.5 Å². The Morgan fingerprint density at radius 1 is 1.19 bits per heavy atom. The molecule has 166 valence electrons. The number of fused-ring (bicyclic) bond motifs is 5. The van der Waals surface area contributed by atoms with Crippen LogP contribution >= 0.6 is 0 Å². The number of carbonyl (C=O) groups is 2. The van der Waals surface area contributed by atoms with Gasteiger partial charge in [-0.1, -0.05) is 6.07 Å². The molecule has 1 aromatic carbocycles. The Hall–Kier alpha value is -2.55. The van der Waals surface area contributed by atoms with E-state index in [4.69, 9.17) is 0 Å². The predicted molar refractivity (Wildman–Crippen MR) is 118 cm³/mol. The molecule has 8 nitrogen and oxygen atoms in total. The lowest BCUT2D eigenvalue weighted by Gasteiger charge is -2.52. The van der Waals surface area contributed by atoms with Gasteiger partial charge in [-0.05, 0) is 49.3 Å². The van der Waals surface area contributed by atoms with E-state index in [9.17, 15) is 18.0 Å². The van der Waals surface area contributed by atoms with Gasteiger partial charge in [0, 0.05) is 43.7 Å². The van der Waals surface area contributed by atoms with E-state index in [1.807, 2.05) is 27.8 Å². The van der Waals surface area contributed by atoms with Gasteiger partial charge in [-0.15, -0.1) is 0 Å². The van der Waals surface area contributed by atoms with Crippen molar-refractivity contribution in [1.82, 2.24) is 14.4 Å². The number of likely N-dealkylation sites (tertiary alicyclic amines) is 1. The molecule has 1 unspecified atom stereocenters. The molecule has 2 bridgehead atoms. The van der Waals surface area contributed by atoms with Crippen LogP contribution in [-0.2, 0) is 26.2 Å². The molecule has 31 heavy (non-hydrogen) atoms. The summed E-state index contributed by atoms with van der Waals surface area (Å²) < 4.78 is 27.7. The maximum Gasteiger partial charge on any atom is 0.242 e. The zero-order valence-electron chi connectivity index (χ0n) is 17.7. The first-order valence-corrected chi connectivity index (χ1v) is 12.8. The van der Waals surface area contributed by atoms with Gasteiger partial charge in [0.05, 0.1) is 17.5 Å². The number of anilines is 1. The van der Waals surface area contributed by atoms with Gasteiger partial charge in [-0.2, -0.15) is 0 Å². The van der Waals surface area contributed by atoms with Crippen molar-refractivity contribution in [3.8, 4) is 0 Å². The topological polar surface area (TPSA) is 91.7 Å². The van der Waals surface area contributed by atoms with E-state index in [2.05, 4.69) is 9.62 Å². The molecule has 0 radical (unpaired) electrons. The summed E-state index contributed by atoms with van der Waals surface area (Å²) in [7, 11) is -3.38. The number of benzene rings is 1. The van der Waals surface area contributed by atoms with Crippen LogP contribution in [0.25, 0.3) is 10.9 Å². The largest absolute Gasteiger partial charge is 0.340 e. The quantitative estimate of drug-likeness (QED) is 0.779. The molecule has 0 aliphatic carbocycles. The van der Waals surface area contributed by atoms with Crippen molar-refractivity contribution in [2.24, 2.45) is 11.8 Å². The highest BCUT2D eigenvalue weighted by molar-refractivity contribution is 7.92. The highest BCUT2D eigenvalue weighted by atomic mass is 32.2. The molecule has 9 heteroatoms. The fraction of sp³-hybridized carbons (Fsp3) is 0.545. The second-order valence-corrected chi connectivity index (χ2v) is 11.0. The fourth-order valence-corrected chi connectivity index (χ4v) is 6.29. The van der Waals surface area contributed by atoms with Crippen molar-refractivity contribution in [2.75, 3.05) is 30.6 Å². The molecule has 1 aromatic heterocycles. The standard InChI is InChI=1S/C22H28N4O4S/c1-31(29,30)23-18-4-2-6-20-17(18)8-9-24(20)14-22(28)25-11-15-10-16(13-25)19-5-3-7-21(27)26(19)12-15/h2,4,6,8-9,15-16,19,23H,3,5,7,10-14H2,1H3/t15-,16+,19?/m1/s1. The van der Waals surface area contributed by atoms with Crippen LogP contribution in [0.3, 0.4) is 0 Å². The van der Waals surface area contributed by atoms with Crippen LogP contribution in [0.15, 0.2) is 30.5 Å². The van der Waals surface area contributed by atoms with E-state index >= 15 is 0 Å². The van der Waals surface area contributed by atoms with Crippen molar-refractivity contribution in [1.29, 1.82) is 0 Å². The first-order chi connectivity index (χ1) is 14.8. The maximum atomic E-state index is 13.2. The molecule has 3 saturated heterocycles. The lowest BCUT2D eigenvalue weighted by molar-refractivity contribution is -0.148. The van der Waals surface area contributed by atoms with Crippen LogP contribution < -0.4 is 4.72 Å². The van der Waals surface area contributed by atoms with Crippen LogP contribution in [0.5, 0.6) is 0 Å². The van der Waals surface area contributed by atoms with Gasteiger partial charge >= 0.3 is 0 Å². The van der Waals surface area contributed by atoms with Crippen LogP contribution in [-0.4, -0.2) is 66.5 Å². The number of rotatable bonds is 4. The normalized spacial score (nSPS) is 26.1. The molecule has 5 rings (SSSR count). The molecule has 2 amide bonds. The summed E-state index contributed by atoms with van der Waals surface area (Å²) in [4.78, 5) is 29.6. The molecule has 3 aliphatic rings. The summed E-state index contributed by atoms with van der Waals surface area (Å²) in [6.45, 7) is 2.41. The van der Waals surface area contributed by atoms with Crippen molar-refractivity contribution >= 4 is 38.4 Å². The first-order valence-electron chi connectivity index (χ1n) is 10.9. The summed E-state index contributed by atoms with van der Waals surface area (Å²) in [5, 5.41) is 0.771. The third-order valence-corrected chi connectivity index (χ3v) is 7.54. The molecular weight excluding hydrogens is 416 g/mol. The minimum Gasteiger partial charge on any atom is -0.340 e. The Kier molecular flexibility index (Phi) is 4.96. The third kappa shape index (κ3) is 3.91. The van der Waals surface area contributed by atoms with Crippen molar-refractivity contribution in [2.45, 2.75) is 38.3 Å². The first kappa shape index (κ1) is 20.4. The number of carbonyl (C=O) groups excluding carboxylic acids is 2. The second kappa shape index (κ2) is 7.55.